The van der Waals surface area contributed by atoms with Crippen LogP contribution in [0.1, 0.15) is 15.9 Å². The predicted molar refractivity (Wildman–Crippen MR) is 57.0 cm³/mol. The summed E-state index contributed by atoms with van der Waals surface area (Å²) < 4.78 is 5.58. The van der Waals surface area contributed by atoms with Gasteiger partial charge < -0.3 is 9.84 Å². The topological polar surface area (TPSA) is 70.3 Å². The molecular weight excluding hydrogens is 262 g/mol. The molecule has 0 amide bonds. The van der Waals surface area contributed by atoms with Crippen LogP contribution in [-0.4, -0.2) is 18.2 Å². The molecule has 0 unspecified atom stereocenters. The van der Waals surface area contributed by atoms with Crippen molar-refractivity contribution in [1.82, 2.24) is 0 Å². The molecule has 0 saturated carbocycles. The summed E-state index contributed by atoms with van der Waals surface area (Å²) >= 11 is 3.19. The molecule has 0 radical (unpaired) electrons. The van der Waals surface area contributed by atoms with Crippen LogP contribution >= 0.6 is 15.9 Å². The van der Waals surface area contributed by atoms with Crippen LogP contribution in [0.15, 0.2) is 16.6 Å². The third-order valence-corrected chi connectivity index (χ3v) is 2.50. The SMILES string of the molecule is COc1cc(CC#N)c(C(=O)O)cc1Br. The number of carboxylic acids is 1. The van der Waals surface area contributed by atoms with Crippen LogP contribution in [0.5, 0.6) is 5.75 Å². The Balaban J connectivity index is 3.33. The number of nitriles is 1. The third-order valence-electron chi connectivity index (χ3n) is 1.88. The summed E-state index contributed by atoms with van der Waals surface area (Å²) in [6.45, 7) is 0. The second-order valence-corrected chi connectivity index (χ2v) is 3.64. The maximum absolute atomic E-state index is 10.9. The molecule has 0 aliphatic rings. The Hall–Kier alpha value is -1.54. The van der Waals surface area contributed by atoms with Crippen molar-refractivity contribution in [3.05, 3.63) is 27.7 Å². The summed E-state index contributed by atoms with van der Waals surface area (Å²) in [4.78, 5) is 10.9. The average molecular weight is 270 g/mol. The van der Waals surface area contributed by atoms with E-state index >= 15 is 0 Å². The number of halogens is 1. The van der Waals surface area contributed by atoms with Gasteiger partial charge in [-0.05, 0) is 33.6 Å². The zero-order chi connectivity index (χ0) is 11.4. The van der Waals surface area contributed by atoms with E-state index in [4.69, 9.17) is 15.1 Å². The third kappa shape index (κ3) is 2.48. The maximum Gasteiger partial charge on any atom is 0.336 e. The normalized spacial score (nSPS) is 9.40. The molecule has 1 aromatic carbocycles. The highest BCUT2D eigenvalue weighted by Crippen LogP contribution is 2.28. The summed E-state index contributed by atoms with van der Waals surface area (Å²) in [6.07, 6.45) is 0.0469. The minimum absolute atomic E-state index is 0.0469. The molecule has 15 heavy (non-hydrogen) atoms. The van der Waals surface area contributed by atoms with Crippen LogP contribution in [0.4, 0.5) is 0 Å². The van der Waals surface area contributed by atoms with Gasteiger partial charge in [0.2, 0.25) is 0 Å². The van der Waals surface area contributed by atoms with E-state index < -0.39 is 5.97 Å². The first-order valence-electron chi connectivity index (χ1n) is 4.06. The Morgan fingerprint density at radius 1 is 1.67 bits per heavy atom. The van der Waals surface area contributed by atoms with Crippen LogP contribution in [0.25, 0.3) is 0 Å². The largest absolute Gasteiger partial charge is 0.496 e. The predicted octanol–water partition coefficient (Wildman–Crippen LogP) is 2.22. The lowest BCUT2D eigenvalue weighted by Crippen LogP contribution is -2.03. The maximum atomic E-state index is 10.9. The van der Waals surface area contributed by atoms with Crippen molar-refractivity contribution in [3.8, 4) is 11.8 Å². The van der Waals surface area contributed by atoms with E-state index in [2.05, 4.69) is 15.9 Å². The molecule has 0 fully saturated rings. The van der Waals surface area contributed by atoms with E-state index in [9.17, 15) is 4.79 Å². The average Bonchev–Trinajstić information content (AvgIpc) is 2.20. The standard InChI is InChI=1S/C10H8BrNO3/c1-15-9-4-6(2-3-12)7(10(13)14)5-8(9)11/h4-5H,2H2,1H3,(H,13,14). The minimum Gasteiger partial charge on any atom is -0.496 e. The van der Waals surface area contributed by atoms with Gasteiger partial charge in [-0.2, -0.15) is 5.26 Å². The van der Waals surface area contributed by atoms with Crippen LogP contribution in [0.2, 0.25) is 0 Å². The number of carboxylic acid groups (broad SMARTS) is 1. The zero-order valence-corrected chi connectivity index (χ0v) is 9.54. The Morgan fingerprint density at radius 3 is 2.80 bits per heavy atom. The van der Waals surface area contributed by atoms with Crippen LogP contribution in [0.3, 0.4) is 0 Å². The van der Waals surface area contributed by atoms with Crippen LogP contribution < -0.4 is 4.74 Å². The number of rotatable bonds is 3. The number of hydrogen-bond acceptors (Lipinski definition) is 3. The van der Waals surface area contributed by atoms with Crippen molar-refractivity contribution >= 4 is 21.9 Å². The van der Waals surface area contributed by atoms with Gasteiger partial charge in [0, 0.05) is 0 Å². The Morgan fingerprint density at radius 2 is 2.33 bits per heavy atom. The summed E-state index contributed by atoms with van der Waals surface area (Å²) in [5.74, 6) is -0.533. The van der Waals surface area contributed by atoms with Crippen LogP contribution in [0, 0.1) is 11.3 Å². The van der Waals surface area contributed by atoms with E-state index in [0.29, 0.717) is 15.8 Å². The minimum atomic E-state index is -1.05. The van der Waals surface area contributed by atoms with Gasteiger partial charge in [0.15, 0.2) is 0 Å². The molecule has 0 aliphatic carbocycles. The summed E-state index contributed by atoms with van der Waals surface area (Å²) in [6, 6.07) is 4.91. The molecule has 1 aromatic rings. The van der Waals surface area contributed by atoms with Gasteiger partial charge in [-0.15, -0.1) is 0 Å². The van der Waals surface area contributed by atoms with Gasteiger partial charge in [-0.25, -0.2) is 4.79 Å². The number of methoxy groups -OCH3 is 1. The lowest BCUT2D eigenvalue weighted by Gasteiger charge is -2.08. The quantitative estimate of drug-likeness (QED) is 0.914. The molecule has 4 nitrogen and oxygen atoms in total. The fraction of sp³-hybridized carbons (Fsp3) is 0.200. The molecule has 0 spiro atoms. The monoisotopic (exact) mass is 269 g/mol. The summed E-state index contributed by atoms with van der Waals surface area (Å²) in [7, 11) is 1.48. The zero-order valence-electron chi connectivity index (χ0n) is 7.95. The highest BCUT2D eigenvalue weighted by atomic mass is 79.9. The Bertz CT molecular complexity index is 437. The van der Waals surface area contributed by atoms with E-state index in [1.54, 1.807) is 6.07 Å². The fourth-order valence-electron chi connectivity index (χ4n) is 1.18. The second-order valence-electron chi connectivity index (χ2n) is 2.78. The lowest BCUT2D eigenvalue weighted by atomic mass is 10.0. The highest BCUT2D eigenvalue weighted by molar-refractivity contribution is 9.10. The van der Waals surface area contributed by atoms with Gasteiger partial charge in [-0.3, -0.25) is 0 Å². The highest BCUT2D eigenvalue weighted by Gasteiger charge is 2.13. The Labute approximate surface area is 95.2 Å². The molecule has 0 aromatic heterocycles. The van der Waals surface area contributed by atoms with Crippen molar-refractivity contribution in [2.24, 2.45) is 0 Å². The number of carbonyl (C=O) groups is 1. The molecule has 0 heterocycles. The first kappa shape index (κ1) is 11.5. The van der Waals surface area contributed by atoms with E-state index in [-0.39, 0.29) is 12.0 Å². The number of ether oxygens (including phenoxy) is 1. The van der Waals surface area contributed by atoms with Gasteiger partial charge in [0.05, 0.1) is 29.6 Å². The van der Waals surface area contributed by atoms with Crippen molar-refractivity contribution < 1.29 is 14.6 Å². The van der Waals surface area contributed by atoms with Gasteiger partial charge in [0.1, 0.15) is 5.75 Å². The van der Waals surface area contributed by atoms with Gasteiger partial charge >= 0.3 is 5.97 Å². The Kier molecular flexibility index (Phi) is 3.69. The summed E-state index contributed by atoms with van der Waals surface area (Å²) in [5.41, 5.74) is 0.564. The van der Waals surface area contributed by atoms with Crippen LogP contribution in [-0.2, 0) is 6.42 Å². The molecule has 0 bridgehead atoms. The fourth-order valence-corrected chi connectivity index (χ4v) is 1.69. The number of benzene rings is 1. The van der Waals surface area contributed by atoms with E-state index in [1.165, 1.54) is 13.2 Å². The van der Waals surface area contributed by atoms with Gasteiger partial charge in [-0.1, -0.05) is 0 Å². The summed E-state index contributed by atoms with van der Waals surface area (Å²) in [5, 5.41) is 17.5. The molecule has 1 rings (SSSR count). The van der Waals surface area contributed by atoms with Crippen molar-refractivity contribution in [2.45, 2.75) is 6.42 Å². The van der Waals surface area contributed by atoms with E-state index in [1.807, 2.05) is 6.07 Å². The molecular formula is C10H8BrNO3. The number of nitrogens with zero attached hydrogens (tertiary/aromatic N) is 1. The van der Waals surface area contributed by atoms with E-state index in [0.717, 1.165) is 0 Å². The number of aromatic carboxylic acids is 1. The molecule has 5 heteroatoms. The second kappa shape index (κ2) is 4.80. The van der Waals surface area contributed by atoms with Gasteiger partial charge in [0.25, 0.3) is 0 Å². The molecule has 0 atom stereocenters. The molecule has 78 valence electrons. The first-order chi connectivity index (χ1) is 7.10. The van der Waals surface area contributed by atoms with Crippen molar-refractivity contribution in [3.63, 3.8) is 0 Å². The lowest BCUT2D eigenvalue weighted by molar-refractivity contribution is 0.0696. The smallest absolute Gasteiger partial charge is 0.336 e. The molecule has 0 saturated heterocycles. The first-order valence-corrected chi connectivity index (χ1v) is 4.86. The molecule has 0 aliphatic heterocycles. The van der Waals surface area contributed by atoms with Crippen molar-refractivity contribution in [2.75, 3.05) is 7.11 Å². The number of hydrogen-bond donors (Lipinski definition) is 1. The van der Waals surface area contributed by atoms with Crippen molar-refractivity contribution in [1.29, 1.82) is 5.26 Å². The molecule has 1 N–H and O–H groups in total.